The third kappa shape index (κ3) is 4.45. The van der Waals surface area contributed by atoms with Crippen molar-refractivity contribution >= 4 is 27.9 Å². The molecule has 0 aliphatic carbocycles. The fraction of sp³-hybridized carbons (Fsp3) is 0.143. The van der Waals surface area contributed by atoms with Crippen LogP contribution in [0, 0.1) is 0 Å². The second kappa shape index (κ2) is 8.05. The number of halogens is 1. The molecule has 2 aromatic carbocycles. The van der Waals surface area contributed by atoms with Crippen LogP contribution in [0.15, 0.2) is 77.0 Å². The number of thiazole rings is 1. The zero-order chi connectivity index (χ0) is 18.6. The zero-order valence-corrected chi connectivity index (χ0v) is 16.2. The number of nitrogens with zero attached hydrogens (tertiary/aromatic N) is 3. The third-order valence-corrected chi connectivity index (χ3v) is 5.32. The molecule has 0 fully saturated rings. The monoisotopic (exact) mass is 395 g/mol. The van der Waals surface area contributed by atoms with Crippen LogP contribution in [0.25, 0.3) is 4.96 Å². The number of hydrogen-bond acceptors (Lipinski definition) is 4. The Kier molecular flexibility index (Phi) is 5.34. The predicted molar refractivity (Wildman–Crippen MR) is 110 cm³/mol. The van der Waals surface area contributed by atoms with E-state index in [1.165, 1.54) is 22.5 Å². The van der Waals surface area contributed by atoms with E-state index in [-0.39, 0.29) is 5.56 Å². The molecule has 0 saturated heterocycles. The maximum atomic E-state index is 12.3. The highest BCUT2D eigenvalue weighted by Gasteiger charge is 2.11. The SMILES string of the molecule is O=c1cc(CN(Cc2ccccc2)Cc2ccc(Cl)cc2)nc2sccn12. The van der Waals surface area contributed by atoms with Crippen LogP contribution in [0.2, 0.25) is 5.02 Å². The largest absolute Gasteiger partial charge is 0.289 e. The lowest BCUT2D eigenvalue weighted by Gasteiger charge is -2.22. The van der Waals surface area contributed by atoms with E-state index in [2.05, 4.69) is 22.0 Å². The van der Waals surface area contributed by atoms with E-state index >= 15 is 0 Å². The van der Waals surface area contributed by atoms with Crippen LogP contribution in [0.5, 0.6) is 0 Å². The topological polar surface area (TPSA) is 37.6 Å². The number of hydrogen-bond donors (Lipinski definition) is 0. The van der Waals surface area contributed by atoms with Crippen molar-refractivity contribution in [1.82, 2.24) is 14.3 Å². The maximum absolute atomic E-state index is 12.3. The molecule has 6 heteroatoms. The van der Waals surface area contributed by atoms with Gasteiger partial charge in [-0.2, -0.15) is 0 Å². The van der Waals surface area contributed by atoms with Gasteiger partial charge in [0.25, 0.3) is 5.56 Å². The van der Waals surface area contributed by atoms with Crippen LogP contribution < -0.4 is 5.56 Å². The molecule has 0 amide bonds. The van der Waals surface area contributed by atoms with Crippen molar-refractivity contribution in [3.8, 4) is 0 Å². The lowest BCUT2D eigenvalue weighted by atomic mass is 10.1. The number of rotatable bonds is 6. The molecule has 2 heterocycles. The van der Waals surface area contributed by atoms with Crippen LogP contribution in [0.3, 0.4) is 0 Å². The van der Waals surface area contributed by atoms with Gasteiger partial charge >= 0.3 is 0 Å². The van der Waals surface area contributed by atoms with E-state index in [0.29, 0.717) is 6.54 Å². The van der Waals surface area contributed by atoms with Gasteiger partial charge in [-0.3, -0.25) is 14.1 Å². The molecule has 2 aromatic heterocycles. The summed E-state index contributed by atoms with van der Waals surface area (Å²) in [7, 11) is 0. The minimum absolute atomic E-state index is 0.0394. The summed E-state index contributed by atoms with van der Waals surface area (Å²) < 4.78 is 1.58. The van der Waals surface area contributed by atoms with E-state index in [1.807, 2.05) is 47.8 Å². The Bertz CT molecular complexity index is 1090. The Hall–Kier alpha value is -2.47. The first-order valence-corrected chi connectivity index (χ1v) is 9.90. The van der Waals surface area contributed by atoms with E-state index in [0.717, 1.165) is 28.8 Å². The van der Waals surface area contributed by atoms with E-state index in [9.17, 15) is 4.79 Å². The van der Waals surface area contributed by atoms with Crippen molar-refractivity contribution in [1.29, 1.82) is 0 Å². The van der Waals surface area contributed by atoms with Gasteiger partial charge in [-0.15, -0.1) is 11.3 Å². The molecule has 0 saturated carbocycles. The summed E-state index contributed by atoms with van der Waals surface area (Å²) in [6.45, 7) is 2.12. The quantitative estimate of drug-likeness (QED) is 0.478. The number of aromatic nitrogens is 2. The summed E-state index contributed by atoms with van der Waals surface area (Å²) in [6.07, 6.45) is 1.76. The fourth-order valence-corrected chi connectivity index (χ4v) is 3.92. The summed E-state index contributed by atoms with van der Waals surface area (Å²) in [5.41, 5.74) is 3.14. The predicted octanol–water partition coefficient (Wildman–Crippen LogP) is 4.61. The second-order valence-electron chi connectivity index (χ2n) is 6.40. The molecule has 136 valence electrons. The van der Waals surface area contributed by atoms with E-state index in [4.69, 9.17) is 11.6 Å². The van der Waals surface area contributed by atoms with Crippen molar-refractivity contribution in [3.63, 3.8) is 0 Å². The minimum Gasteiger partial charge on any atom is -0.289 e. The average Bonchev–Trinajstić information content (AvgIpc) is 3.14. The lowest BCUT2D eigenvalue weighted by molar-refractivity contribution is 0.245. The average molecular weight is 396 g/mol. The van der Waals surface area contributed by atoms with Gasteiger partial charge < -0.3 is 0 Å². The molecule has 4 nitrogen and oxygen atoms in total. The molecule has 0 bridgehead atoms. The van der Waals surface area contributed by atoms with Gasteiger partial charge in [-0.1, -0.05) is 54.1 Å². The number of fused-ring (bicyclic) bond motifs is 1. The molecule has 0 unspecified atom stereocenters. The Morgan fingerprint density at radius 2 is 1.67 bits per heavy atom. The first kappa shape index (κ1) is 17.9. The highest BCUT2D eigenvalue weighted by molar-refractivity contribution is 7.15. The van der Waals surface area contributed by atoms with Crippen molar-refractivity contribution in [2.24, 2.45) is 0 Å². The van der Waals surface area contributed by atoms with E-state index < -0.39 is 0 Å². The molecule has 0 radical (unpaired) electrons. The lowest BCUT2D eigenvalue weighted by Crippen LogP contribution is -2.24. The van der Waals surface area contributed by atoms with Gasteiger partial charge in [0, 0.05) is 42.3 Å². The van der Waals surface area contributed by atoms with Crippen molar-refractivity contribution in [2.75, 3.05) is 0 Å². The van der Waals surface area contributed by atoms with Crippen LogP contribution in [-0.4, -0.2) is 14.3 Å². The standard InChI is InChI=1S/C21H18ClN3OS/c22-18-8-6-17(7-9-18)14-24(13-16-4-2-1-3-5-16)15-19-12-20(26)25-10-11-27-21(25)23-19/h1-12H,13-15H2. The summed E-state index contributed by atoms with van der Waals surface area (Å²) in [5, 5.41) is 2.61. The van der Waals surface area contributed by atoms with Gasteiger partial charge in [0.05, 0.1) is 5.69 Å². The van der Waals surface area contributed by atoms with Gasteiger partial charge in [0.15, 0.2) is 4.96 Å². The Balaban J connectivity index is 1.61. The number of benzene rings is 2. The minimum atomic E-state index is -0.0394. The summed E-state index contributed by atoms with van der Waals surface area (Å²) in [4.78, 5) is 20.0. The molecule has 0 N–H and O–H groups in total. The molecular formula is C21H18ClN3OS. The molecule has 4 rings (SSSR count). The van der Waals surface area contributed by atoms with Crippen LogP contribution in [0.4, 0.5) is 0 Å². The van der Waals surface area contributed by atoms with Crippen molar-refractivity contribution < 1.29 is 0 Å². The molecule has 0 aliphatic heterocycles. The Morgan fingerprint density at radius 3 is 2.41 bits per heavy atom. The molecule has 4 aromatic rings. The normalized spacial score (nSPS) is 11.3. The molecular weight excluding hydrogens is 378 g/mol. The molecule has 27 heavy (non-hydrogen) atoms. The van der Waals surface area contributed by atoms with E-state index in [1.54, 1.807) is 16.7 Å². The van der Waals surface area contributed by atoms with Crippen LogP contribution in [-0.2, 0) is 19.6 Å². The first-order valence-electron chi connectivity index (χ1n) is 8.64. The Morgan fingerprint density at radius 1 is 0.963 bits per heavy atom. The highest BCUT2D eigenvalue weighted by atomic mass is 35.5. The van der Waals surface area contributed by atoms with Crippen molar-refractivity contribution in [3.05, 3.63) is 104 Å². The molecule has 0 aliphatic rings. The van der Waals surface area contributed by atoms with Gasteiger partial charge in [-0.05, 0) is 23.3 Å². The summed E-state index contributed by atoms with van der Waals surface area (Å²) in [5.74, 6) is 0. The second-order valence-corrected chi connectivity index (χ2v) is 7.71. The van der Waals surface area contributed by atoms with Gasteiger partial charge in [0.2, 0.25) is 0 Å². The smallest absolute Gasteiger partial charge is 0.258 e. The maximum Gasteiger partial charge on any atom is 0.258 e. The highest BCUT2D eigenvalue weighted by Crippen LogP contribution is 2.16. The molecule has 0 atom stereocenters. The Labute approximate surface area is 166 Å². The summed E-state index contributed by atoms with van der Waals surface area (Å²) in [6, 6.07) is 19.8. The van der Waals surface area contributed by atoms with Crippen LogP contribution in [0.1, 0.15) is 16.8 Å². The van der Waals surface area contributed by atoms with Crippen LogP contribution >= 0.6 is 22.9 Å². The van der Waals surface area contributed by atoms with Crippen molar-refractivity contribution in [2.45, 2.75) is 19.6 Å². The fourth-order valence-electron chi connectivity index (χ4n) is 3.06. The first-order chi connectivity index (χ1) is 13.2. The zero-order valence-electron chi connectivity index (χ0n) is 14.6. The van der Waals surface area contributed by atoms with Gasteiger partial charge in [-0.25, -0.2) is 4.98 Å². The third-order valence-electron chi connectivity index (χ3n) is 4.31. The molecule has 0 spiro atoms. The summed E-state index contributed by atoms with van der Waals surface area (Å²) >= 11 is 7.48. The van der Waals surface area contributed by atoms with Gasteiger partial charge in [0.1, 0.15) is 0 Å².